The molecule has 0 amide bonds. The summed E-state index contributed by atoms with van der Waals surface area (Å²) in [6.07, 6.45) is 2.48. The lowest BCUT2D eigenvalue weighted by Crippen LogP contribution is -2.37. The summed E-state index contributed by atoms with van der Waals surface area (Å²) >= 11 is 0. The molecule has 98 valence electrons. The summed E-state index contributed by atoms with van der Waals surface area (Å²) in [4.78, 5) is 0. The molecule has 0 spiro atoms. The van der Waals surface area contributed by atoms with E-state index in [4.69, 9.17) is 0 Å². The van der Waals surface area contributed by atoms with Crippen molar-refractivity contribution in [1.29, 1.82) is 5.26 Å². The van der Waals surface area contributed by atoms with E-state index in [0.717, 1.165) is 37.9 Å². The Morgan fingerprint density at radius 3 is 2.61 bits per heavy atom. The van der Waals surface area contributed by atoms with Gasteiger partial charge in [0.2, 0.25) is 0 Å². The van der Waals surface area contributed by atoms with E-state index in [1.807, 2.05) is 6.07 Å². The largest absolute Gasteiger partial charge is 0.317 e. The van der Waals surface area contributed by atoms with Crippen molar-refractivity contribution >= 4 is 12.4 Å². The zero-order valence-electron chi connectivity index (χ0n) is 10.5. The van der Waals surface area contributed by atoms with Gasteiger partial charge in [0.1, 0.15) is 5.82 Å². The third-order valence-electron chi connectivity index (χ3n) is 3.56. The van der Waals surface area contributed by atoms with E-state index in [1.54, 1.807) is 13.0 Å². The highest BCUT2D eigenvalue weighted by Gasteiger charge is 2.32. The normalized spacial score (nSPS) is 17.6. The second-order valence-electron chi connectivity index (χ2n) is 4.90. The number of rotatable bonds is 2. The summed E-state index contributed by atoms with van der Waals surface area (Å²) in [6.45, 7) is 3.56. The first-order valence-electron chi connectivity index (χ1n) is 6.02. The number of hydrogen-bond donors (Lipinski definition) is 1. The van der Waals surface area contributed by atoms with E-state index >= 15 is 0 Å². The maximum Gasteiger partial charge on any atom is 0.126 e. The Kier molecular flexibility index (Phi) is 5.13. The number of aryl methyl sites for hydroxylation is 1. The van der Waals surface area contributed by atoms with E-state index in [1.165, 1.54) is 6.07 Å². The van der Waals surface area contributed by atoms with Crippen LogP contribution in [0.3, 0.4) is 0 Å². The van der Waals surface area contributed by atoms with Crippen molar-refractivity contribution in [1.82, 2.24) is 5.32 Å². The number of nitrogens with one attached hydrogen (secondary N) is 1. The van der Waals surface area contributed by atoms with Crippen LogP contribution in [0, 0.1) is 29.5 Å². The molecular formula is C14H18ClFN2. The number of halogens is 2. The van der Waals surface area contributed by atoms with Gasteiger partial charge in [-0.25, -0.2) is 4.39 Å². The van der Waals surface area contributed by atoms with Gasteiger partial charge in [-0.3, -0.25) is 0 Å². The molecule has 4 heteroatoms. The first-order valence-corrected chi connectivity index (χ1v) is 6.02. The predicted octanol–water partition coefficient (Wildman–Crippen LogP) is 2.99. The summed E-state index contributed by atoms with van der Waals surface area (Å²) < 4.78 is 13.2. The molecule has 18 heavy (non-hydrogen) atoms. The average Bonchev–Trinajstić information content (AvgIpc) is 2.35. The van der Waals surface area contributed by atoms with Gasteiger partial charge in [0.15, 0.2) is 0 Å². The predicted molar refractivity (Wildman–Crippen MR) is 72.2 cm³/mol. The average molecular weight is 269 g/mol. The molecule has 1 aromatic carbocycles. The quantitative estimate of drug-likeness (QED) is 0.895. The van der Waals surface area contributed by atoms with E-state index in [9.17, 15) is 9.65 Å². The number of hydrogen-bond acceptors (Lipinski definition) is 2. The summed E-state index contributed by atoms with van der Waals surface area (Å²) in [5, 5.41) is 12.6. The van der Waals surface area contributed by atoms with Crippen LogP contribution in [0.1, 0.15) is 24.0 Å². The second kappa shape index (κ2) is 6.17. The molecule has 0 saturated carbocycles. The van der Waals surface area contributed by atoms with Gasteiger partial charge >= 0.3 is 0 Å². The molecule has 2 nitrogen and oxygen atoms in total. The molecule has 1 fully saturated rings. The minimum absolute atomic E-state index is 0. The van der Waals surface area contributed by atoms with Crippen molar-refractivity contribution in [2.75, 3.05) is 13.1 Å². The molecule has 1 N–H and O–H groups in total. The number of nitrogens with zero attached hydrogens (tertiary/aromatic N) is 1. The molecule has 0 unspecified atom stereocenters. The number of nitriles is 1. The zero-order chi connectivity index (χ0) is 12.3. The van der Waals surface area contributed by atoms with Crippen LogP contribution in [0.5, 0.6) is 0 Å². The molecule has 1 heterocycles. The molecule has 0 bridgehead atoms. The van der Waals surface area contributed by atoms with Gasteiger partial charge in [0, 0.05) is 0 Å². The van der Waals surface area contributed by atoms with Crippen molar-refractivity contribution in [2.24, 2.45) is 5.41 Å². The van der Waals surface area contributed by atoms with Gasteiger partial charge in [0.05, 0.1) is 11.5 Å². The Bertz CT molecular complexity index is 448. The Hall–Kier alpha value is -1.11. The highest BCUT2D eigenvalue weighted by Crippen LogP contribution is 2.32. The van der Waals surface area contributed by atoms with Crippen LogP contribution < -0.4 is 5.32 Å². The van der Waals surface area contributed by atoms with Gasteiger partial charge in [-0.2, -0.15) is 5.26 Å². The van der Waals surface area contributed by atoms with E-state index < -0.39 is 0 Å². The standard InChI is InChI=1S/C14H17FN2.ClH/c1-11-8-12(2-3-13(11)15)9-14(10-16)4-6-17-7-5-14;/h2-3,8,17H,4-7,9H2,1H3;1H. The Morgan fingerprint density at radius 1 is 1.39 bits per heavy atom. The van der Waals surface area contributed by atoms with Crippen molar-refractivity contribution < 1.29 is 4.39 Å². The third kappa shape index (κ3) is 3.22. The lowest BCUT2D eigenvalue weighted by atomic mass is 9.75. The van der Waals surface area contributed by atoms with Crippen LogP contribution in [0.15, 0.2) is 18.2 Å². The number of benzene rings is 1. The summed E-state index contributed by atoms with van der Waals surface area (Å²) in [5.74, 6) is -0.176. The van der Waals surface area contributed by atoms with Gasteiger partial charge in [-0.15, -0.1) is 12.4 Å². The molecule has 1 aliphatic heterocycles. The topological polar surface area (TPSA) is 35.8 Å². The third-order valence-corrected chi connectivity index (χ3v) is 3.56. The molecule has 0 aliphatic carbocycles. The SMILES string of the molecule is Cc1cc(CC2(C#N)CCNCC2)ccc1F.Cl. The van der Waals surface area contributed by atoms with Crippen LogP contribution in [-0.2, 0) is 6.42 Å². The van der Waals surface area contributed by atoms with Crippen molar-refractivity contribution in [3.63, 3.8) is 0 Å². The summed E-state index contributed by atoms with van der Waals surface area (Å²) in [5.41, 5.74) is 1.45. The number of piperidine rings is 1. The Balaban J connectivity index is 0.00000162. The van der Waals surface area contributed by atoms with E-state index in [-0.39, 0.29) is 23.6 Å². The second-order valence-corrected chi connectivity index (χ2v) is 4.90. The fourth-order valence-corrected chi connectivity index (χ4v) is 2.44. The molecule has 1 saturated heterocycles. The van der Waals surface area contributed by atoms with Crippen LogP contribution >= 0.6 is 12.4 Å². The molecule has 2 rings (SSSR count). The minimum Gasteiger partial charge on any atom is -0.317 e. The summed E-state index contributed by atoms with van der Waals surface area (Å²) in [7, 11) is 0. The van der Waals surface area contributed by atoms with E-state index in [2.05, 4.69) is 11.4 Å². The maximum absolute atomic E-state index is 13.2. The van der Waals surface area contributed by atoms with Crippen molar-refractivity contribution in [3.05, 3.63) is 35.1 Å². The molecule has 1 aliphatic rings. The molecular weight excluding hydrogens is 251 g/mol. The first-order chi connectivity index (χ1) is 8.15. The van der Waals surface area contributed by atoms with Crippen molar-refractivity contribution in [2.45, 2.75) is 26.2 Å². The Labute approximate surface area is 114 Å². The van der Waals surface area contributed by atoms with Gasteiger partial charge < -0.3 is 5.32 Å². The fourth-order valence-electron chi connectivity index (χ4n) is 2.44. The molecule has 0 radical (unpaired) electrons. The van der Waals surface area contributed by atoms with Gasteiger partial charge in [0.25, 0.3) is 0 Å². The van der Waals surface area contributed by atoms with Crippen LogP contribution in [0.2, 0.25) is 0 Å². The summed E-state index contributed by atoms with van der Waals surface area (Å²) in [6, 6.07) is 7.62. The van der Waals surface area contributed by atoms with Crippen LogP contribution in [0.4, 0.5) is 4.39 Å². The van der Waals surface area contributed by atoms with Gasteiger partial charge in [-0.05, 0) is 56.5 Å². The molecule has 0 aromatic heterocycles. The molecule has 0 atom stereocenters. The fraction of sp³-hybridized carbons (Fsp3) is 0.500. The lowest BCUT2D eigenvalue weighted by Gasteiger charge is -2.31. The molecule has 1 aromatic rings. The Morgan fingerprint density at radius 2 is 2.06 bits per heavy atom. The minimum atomic E-state index is -0.268. The van der Waals surface area contributed by atoms with E-state index in [0.29, 0.717) is 5.56 Å². The van der Waals surface area contributed by atoms with Gasteiger partial charge in [-0.1, -0.05) is 12.1 Å². The highest BCUT2D eigenvalue weighted by atomic mass is 35.5. The van der Waals surface area contributed by atoms with Crippen LogP contribution in [0.25, 0.3) is 0 Å². The van der Waals surface area contributed by atoms with Crippen LogP contribution in [-0.4, -0.2) is 13.1 Å². The smallest absolute Gasteiger partial charge is 0.126 e. The zero-order valence-corrected chi connectivity index (χ0v) is 11.3. The monoisotopic (exact) mass is 268 g/mol. The van der Waals surface area contributed by atoms with Crippen molar-refractivity contribution in [3.8, 4) is 6.07 Å². The first kappa shape index (κ1) is 14.9. The lowest BCUT2D eigenvalue weighted by molar-refractivity contribution is 0.280. The maximum atomic E-state index is 13.2. The highest BCUT2D eigenvalue weighted by molar-refractivity contribution is 5.85.